The summed E-state index contributed by atoms with van der Waals surface area (Å²) >= 11 is 1.44. The minimum atomic E-state index is -1.40. The Kier molecular flexibility index (Phi) is 13.1. The molecular weight excluding hydrogens is 883 g/mol. The fourth-order valence-electron chi connectivity index (χ4n) is 13.0. The molecule has 68 heavy (non-hydrogen) atoms. The number of anilines is 2. The van der Waals surface area contributed by atoms with Crippen LogP contribution in [0.1, 0.15) is 117 Å². The van der Waals surface area contributed by atoms with Crippen molar-refractivity contribution in [3.63, 3.8) is 0 Å². The van der Waals surface area contributed by atoms with Crippen LogP contribution in [0.4, 0.5) is 10.9 Å². The van der Waals surface area contributed by atoms with Gasteiger partial charge in [0.2, 0.25) is 0 Å². The molecule has 3 aromatic heterocycles. The van der Waals surface area contributed by atoms with Crippen molar-refractivity contribution in [2.24, 2.45) is 16.2 Å². The van der Waals surface area contributed by atoms with E-state index in [0.717, 1.165) is 77.7 Å². The third kappa shape index (κ3) is 9.96. The predicted octanol–water partition coefficient (Wildman–Crippen LogP) is 6.82. The first-order chi connectivity index (χ1) is 32.3. The van der Waals surface area contributed by atoms with Crippen molar-refractivity contribution in [1.29, 1.82) is 0 Å². The molecule has 5 aromatic rings. The van der Waals surface area contributed by atoms with Crippen LogP contribution >= 0.6 is 11.3 Å². The number of amides is 1. The number of ether oxygens (including phenoxy) is 2. The van der Waals surface area contributed by atoms with Gasteiger partial charge in [-0.1, -0.05) is 49.4 Å². The number of carbonyl (C=O) groups excluding carboxylic acids is 2. The highest BCUT2D eigenvalue weighted by Crippen LogP contribution is 2.72. The van der Waals surface area contributed by atoms with Crippen molar-refractivity contribution < 1.29 is 39.5 Å². The second-order valence-electron chi connectivity index (χ2n) is 22.0. The second kappa shape index (κ2) is 18.5. The van der Waals surface area contributed by atoms with Gasteiger partial charge < -0.3 is 40.1 Å². The number of esters is 1. The molecule has 4 saturated carbocycles. The number of hydrogen-bond acceptors (Lipinski definition) is 14. The first kappa shape index (κ1) is 48.2. The molecule has 0 saturated heterocycles. The molecule has 6 N–H and O–H groups in total. The Labute approximate surface area is 402 Å². The van der Waals surface area contributed by atoms with Gasteiger partial charge in [0.25, 0.3) is 5.91 Å². The normalized spacial score (nSPS) is 25.6. The van der Waals surface area contributed by atoms with Gasteiger partial charge in [0.15, 0.2) is 10.8 Å². The molecule has 1 amide bonds. The van der Waals surface area contributed by atoms with Gasteiger partial charge in [-0.05, 0) is 143 Å². The third-order valence-corrected chi connectivity index (χ3v) is 15.6. The van der Waals surface area contributed by atoms with Crippen LogP contribution in [0.3, 0.4) is 0 Å². The lowest BCUT2D eigenvalue weighted by Gasteiger charge is -2.69. The first-order valence-electron chi connectivity index (χ1n) is 24.1. The van der Waals surface area contributed by atoms with Crippen molar-refractivity contribution in [3.05, 3.63) is 88.9 Å². The Morgan fingerprint density at radius 3 is 2.40 bits per heavy atom. The Hall–Kier alpha value is -4.81. The number of aromatic nitrogens is 4. The minimum Gasteiger partial charge on any atom is -0.455 e. The SMILES string of the molecule is Cc1c(-c2ccc(N3CCc4cccc(C(=O)Nc5nc6ccccc6s5)c4C3)nc2C(=O)OC(C)(C)C)cnn1CC12CC3(C)CC(C)(C1)CC(OCCNCCC(O)C(O)C(O)CO)(C3)C2. The number of nitrogens with one attached hydrogen (secondary N) is 2. The van der Waals surface area contributed by atoms with Gasteiger partial charge in [0, 0.05) is 48.6 Å². The van der Waals surface area contributed by atoms with Crippen molar-refractivity contribution in [2.45, 2.75) is 136 Å². The quantitative estimate of drug-likeness (QED) is 0.0419. The van der Waals surface area contributed by atoms with E-state index in [1.807, 2.05) is 75.5 Å². The molecule has 364 valence electrons. The van der Waals surface area contributed by atoms with Crippen molar-refractivity contribution in [3.8, 4) is 11.1 Å². The standard InChI is InChI=1S/C52H67N7O8S/c1-32-36(22-54-59(32)31-51-26-49(5)25-50(6,27-51)29-52(28-49,30-51)66-21-19-53-18-16-39(61)44(63)40(62)24-60)34-14-15-42(56-43(34)46(65)67-48(2,3)4)58-20-17-33-10-9-11-35(37(33)23-58)45(64)57-47-55-38-12-7-8-13-41(38)68-47/h7-15,22,39-40,44,53,60-63H,16-21,23-31H2,1-6H3,(H,55,57,64). The van der Waals surface area contributed by atoms with Gasteiger partial charge >= 0.3 is 5.97 Å². The zero-order valence-electron chi connectivity index (χ0n) is 40.2. The predicted molar refractivity (Wildman–Crippen MR) is 262 cm³/mol. The molecule has 4 bridgehead atoms. The second-order valence-corrected chi connectivity index (χ2v) is 23.0. The van der Waals surface area contributed by atoms with Crippen LogP contribution in [0.25, 0.3) is 21.3 Å². The maximum Gasteiger partial charge on any atom is 0.358 e. The first-order valence-corrected chi connectivity index (χ1v) is 24.9. The summed E-state index contributed by atoms with van der Waals surface area (Å²) in [6, 6.07) is 17.6. The summed E-state index contributed by atoms with van der Waals surface area (Å²) in [7, 11) is 0. The average molecular weight is 950 g/mol. The van der Waals surface area contributed by atoms with E-state index >= 15 is 0 Å². The maximum absolute atomic E-state index is 14.2. The molecule has 4 aliphatic carbocycles. The van der Waals surface area contributed by atoms with Crippen LogP contribution in [0, 0.1) is 23.2 Å². The number of hydrogen-bond donors (Lipinski definition) is 6. The monoisotopic (exact) mass is 949 g/mol. The van der Waals surface area contributed by atoms with Gasteiger partial charge in [-0.15, -0.1) is 0 Å². The fraction of sp³-hybridized carbons (Fsp3) is 0.558. The molecular formula is C52H67N7O8S. The lowest BCUT2D eigenvalue weighted by molar-refractivity contribution is -0.247. The van der Waals surface area contributed by atoms with Crippen LogP contribution in [-0.2, 0) is 29.0 Å². The van der Waals surface area contributed by atoms with E-state index < -0.39 is 36.5 Å². The summed E-state index contributed by atoms with van der Waals surface area (Å²) in [5, 5.41) is 50.9. The topological polar surface area (TPSA) is 204 Å². The number of pyridine rings is 1. The summed E-state index contributed by atoms with van der Waals surface area (Å²) in [5.41, 5.74) is 5.26. The molecule has 0 radical (unpaired) electrons. The van der Waals surface area contributed by atoms with E-state index in [2.05, 4.69) is 52.0 Å². The Morgan fingerprint density at radius 2 is 1.66 bits per heavy atom. The molecule has 2 aromatic carbocycles. The summed E-state index contributed by atoms with van der Waals surface area (Å²) in [4.78, 5) is 39.8. The fourth-order valence-corrected chi connectivity index (χ4v) is 13.9. The molecule has 0 spiro atoms. The zero-order valence-corrected chi connectivity index (χ0v) is 41.0. The number of rotatable bonds is 17. The number of aliphatic hydroxyl groups is 4. The van der Waals surface area contributed by atoms with E-state index in [4.69, 9.17) is 24.7 Å². The van der Waals surface area contributed by atoms with Crippen molar-refractivity contribution >= 4 is 44.4 Å². The molecule has 4 heterocycles. The molecule has 5 atom stereocenters. The van der Waals surface area contributed by atoms with E-state index in [1.165, 1.54) is 11.3 Å². The van der Waals surface area contributed by atoms with Crippen LogP contribution in [-0.4, -0.2) is 114 Å². The van der Waals surface area contributed by atoms with E-state index in [0.29, 0.717) is 61.3 Å². The lowest BCUT2D eigenvalue weighted by Crippen LogP contribution is -2.64. The number of thiazole rings is 1. The maximum atomic E-state index is 14.2. The number of para-hydroxylation sites is 1. The van der Waals surface area contributed by atoms with Gasteiger partial charge in [0.05, 0.1) is 41.3 Å². The smallest absolute Gasteiger partial charge is 0.358 e. The zero-order chi connectivity index (χ0) is 48.2. The van der Waals surface area contributed by atoms with Crippen LogP contribution in [0.15, 0.2) is 60.8 Å². The van der Waals surface area contributed by atoms with Gasteiger partial charge in [-0.25, -0.2) is 14.8 Å². The highest BCUT2D eigenvalue weighted by atomic mass is 32.1. The number of fused-ring (bicyclic) bond motifs is 2. The Balaban J connectivity index is 0.928. The van der Waals surface area contributed by atoms with Gasteiger partial charge in [-0.3, -0.25) is 14.8 Å². The lowest BCUT2D eigenvalue weighted by atomic mass is 9.39. The molecule has 5 unspecified atom stereocenters. The van der Waals surface area contributed by atoms with Crippen molar-refractivity contribution in [2.75, 3.05) is 43.1 Å². The summed E-state index contributed by atoms with van der Waals surface area (Å²) in [6.07, 6.45) is 5.11. The molecule has 10 rings (SSSR count). The van der Waals surface area contributed by atoms with E-state index in [9.17, 15) is 24.9 Å². The Morgan fingerprint density at radius 1 is 0.897 bits per heavy atom. The summed E-state index contributed by atoms with van der Waals surface area (Å²) in [6.45, 7) is 15.2. The molecule has 5 aliphatic rings. The highest BCUT2D eigenvalue weighted by Gasteiger charge is 2.66. The average Bonchev–Trinajstić information content (AvgIpc) is 3.85. The Bertz CT molecular complexity index is 2630. The largest absolute Gasteiger partial charge is 0.455 e. The van der Waals surface area contributed by atoms with E-state index in [-0.39, 0.29) is 39.9 Å². The highest BCUT2D eigenvalue weighted by molar-refractivity contribution is 7.22. The van der Waals surface area contributed by atoms with Crippen LogP contribution in [0.2, 0.25) is 0 Å². The van der Waals surface area contributed by atoms with Gasteiger partial charge in [-0.2, -0.15) is 5.10 Å². The molecule has 4 fully saturated rings. The van der Waals surface area contributed by atoms with Crippen LogP contribution in [0.5, 0.6) is 0 Å². The van der Waals surface area contributed by atoms with Crippen LogP contribution < -0.4 is 15.5 Å². The van der Waals surface area contributed by atoms with E-state index in [1.54, 1.807) is 0 Å². The molecule has 1 aliphatic heterocycles. The number of benzene rings is 2. The van der Waals surface area contributed by atoms with Gasteiger partial charge in [0.1, 0.15) is 23.6 Å². The molecule has 15 nitrogen and oxygen atoms in total. The molecule has 16 heteroatoms. The summed E-state index contributed by atoms with van der Waals surface area (Å²) < 4.78 is 16.0. The van der Waals surface area contributed by atoms with Crippen molar-refractivity contribution in [1.82, 2.24) is 25.1 Å². The number of carbonyl (C=O) groups is 2. The third-order valence-electron chi connectivity index (χ3n) is 14.6. The minimum absolute atomic E-state index is 0.0433. The number of nitrogens with zero attached hydrogens (tertiary/aromatic N) is 5. The summed E-state index contributed by atoms with van der Waals surface area (Å²) in [5.74, 6) is -0.109. The number of aliphatic hydroxyl groups excluding tert-OH is 4.